The number of ketones is 4. The van der Waals surface area contributed by atoms with Gasteiger partial charge in [0, 0.05) is 117 Å². The fourth-order valence-corrected chi connectivity index (χ4v) is 18.5. The third kappa shape index (κ3) is 17.8. The maximum atomic E-state index is 14.3. The number of fused-ring (bicyclic) bond motifs is 6. The Morgan fingerprint density at radius 2 is 0.835 bits per heavy atom. The number of benzene rings is 6. The van der Waals surface area contributed by atoms with Crippen LogP contribution in [-0.2, 0) is 109 Å². The summed E-state index contributed by atoms with van der Waals surface area (Å²) in [6, 6.07) is 15.9. The van der Waals surface area contributed by atoms with E-state index in [1.165, 1.54) is 30.4 Å². The highest BCUT2D eigenvalue weighted by molar-refractivity contribution is 7.93. The minimum Gasteiger partial charge on any atom is -0.443 e. The summed E-state index contributed by atoms with van der Waals surface area (Å²) >= 11 is 0. The number of nitrogen functional groups attached to an aromatic ring is 1. The molecule has 5 amide bonds. The topological polar surface area (TPSA) is 379 Å². The number of rotatable bonds is 13. The molecule has 35 heteroatoms. The van der Waals surface area contributed by atoms with Crippen molar-refractivity contribution in [3.8, 4) is 0 Å². The van der Waals surface area contributed by atoms with Crippen molar-refractivity contribution in [3.63, 3.8) is 0 Å². The molecule has 6 aromatic carbocycles. The zero-order chi connectivity index (χ0) is 82.7. The number of nitrogens with zero attached hydrogens (tertiary/aromatic N) is 2. The molecule has 0 bridgehead atoms. The molecule has 3 spiro atoms. The van der Waals surface area contributed by atoms with Gasteiger partial charge in [0.15, 0.2) is 0 Å². The number of carbonyl (C=O) groups is 9. The van der Waals surface area contributed by atoms with Gasteiger partial charge in [0.25, 0.3) is 36.0 Å². The molecule has 9 aliphatic rings. The number of hydrogen-bond donors (Lipinski definition) is 7. The van der Waals surface area contributed by atoms with Crippen molar-refractivity contribution in [1.82, 2.24) is 15.1 Å². The first-order valence-corrected chi connectivity index (χ1v) is 41.0. The largest absolute Gasteiger partial charge is 0.443 e. The molecule has 0 unspecified atom stereocenters. The highest BCUT2D eigenvalue weighted by Crippen LogP contribution is 2.56. The van der Waals surface area contributed by atoms with Crippen LogP contribution < -0.4 is 35.9 Å². The maximum Gasteiger partial charge on any atom is 0.417 e. The Balaban J connectivity index is 0.000000158. The zero-order valence-electron chi connectivity index (χ0n) is 62.7. The molecule has 0 atom stereocenters. The van der Waals surface area contributed by atoms with E-state index in [1.54, 1.807) is 59.7 Å². The predicted molar refractivity (Wildman–Crippen MR) is 410 cm³/mol. The number of carbonyl (C=O) groups excluding carboxylic acids is 9. The van der Waals surface area contributed by atoms with Crippen molar-refractivity contribution in [3.05, 3.63) is 183 Å². The van der Waals surface area contributed by atoms with E-state index in [9.17, 15) is 94.7 Å². The van der Waals surface area contributed by atoms with Crippen LogP contribution in [-0.4, -0.2) is 119 Å². The molecule has 3 aliphatic heterocycles. The zero-order valence-corrected chi connectivity index (χ0v) is 65.1. The van der Waals surface area contributed by atoms with Gasteiger partial charge in [-0.15, -0.1) is 0 Å². The van der Waals surface area contributed by atoms with Gasteiger partial charge in [-0.05, 0) is 186 Å². The molecule has 612 valence electrons. The summed E-state index contributed by atoms with van der Waals surface area (Å²) in [6.45, 7) is 10.9. The van der Waals surface area contributed by atoms with Gasteiger partial charge in [0.1, 0.15) is 83.9 Å². The maximum absolute atomic E-state index is 14.3. The number of amides is 5. The molecule has 8 N–H and O–H groups in total. The van der Waals surface area contributed by atoms with Crippen molar-refractivity contribution in [2.45, 2.75) is 194 Å². The monoisotopic (exact) mass is 1650 g/mol. The van der Waals surface area contributed by atoms with Crippen LogP contribution in [0.3, 0.4) is 0 Å². The second-order valence-electron chi connectivity index (χ2n) is 31.2. The Bertz CT molecular complexity index is 5520. The normalized spacial score (nSPS) is 18.1. The molecular formula is C80H85F6N9O17S3. The number of nitrogens with two attached hydrogens (primary N) is 1. The summed E-state index contributed by atoms with van der Waals surface area (Å²) in [5.41, 5.74) is 9.95. The van der Waals surface area contributed by atoms with Crippen LogP contribution in [0.4, 0.5) is 70.1 Å². The van der Waals surface area contributed by atoms with Gasteiger partial charge in [-0.25, -0.2) is 71.0 Å². The molecule has 0 radical (unpaired) electrons. The van der Waals surface area contributed by atoms with Gasteiger partial charge in [0.2, 0.25) is 11.8 Å². The molecule has 6 aromatic rings. The van der Waals surface area contributed by atoms with Crippen LogP contribution in [0.15, 0.2) is 129 Å². The van der Waals surface area contributed by atoms with E-state index in [0.29, 0.717) is 96.4 Å². The minimum atomic E-state index is -4.44. The van der Waals surface area contributed by atoms with Gasteiger partial charge < -0.3 is 31.2 Å². The van der Waals surface area contributed by atoms with Crippen molar-refractivity contribution < 1.29 is 104 Å². The van der Waals surface area contributed by atoms with Gasteiger partial charge in [-0.1, -0.05) is 26.7 Å². The van der Waals surface area contributed by atoms with E-state index in [2.05, 4.69) is 30.1 Å². The number of ether oxygens (including phenoxy) is 2. The predicted octanol–water partition coefficient (Wildman–Crippen LogP) is 12.5. The summed E-state index contributed by atoms with van der Waals surface area (Å²) in [7, 11) is -13.1. The molecule has 1 saturated heterocycles. The number of halogens is 6. The SMILES string of the molecule is C.CC(C)(C)OC(=O)N1CCC(=O)CC1=O.CC(C)(C)OC(=O)N1CCC(Nc2cc(NS(=O)(=O)c3ccc(F)cc3F)cc3c2CC(=O)C32CCC2)=CC1=O.Nc1cc(NS(=O)(=O)c2ccc(F)cc2F)cc2c1CC(=O)C21CCC1.O=C1C=C(Nc2cc(NS(=O)(=O)c3ccc(F)cc3F)cc3c2CC(=O)C32CCC2)CCN1. The lowest BCUT2D eigenvalue weighted by molar-refractivity contribution is -0.138. The molecule has 15 rings (SSSR count). The van der Waals surface area contributed by atoms with E-state index in [0.717, 1.165) is 101 Å². The van der Waals surface area contributed by atoms with E-state index < -0.39 is 131 Å². The number of nitrogens with one attached hydrogen (secondary N) is 6. The third-order valence-electron chi connectivity index (χ3n) is 21.1. The second kappa shape index (κ2) is 32.0. The fraction of sp³-hybridized carbons (Fsp3) is 0.388. The molecule has 0 aromatic heterocycles. The average Bonchev–Trinajstić information content (AvgIpc) is 1.57. The smallest absolute Gasteiger partial charge is 0.417 e. The van der Waals surface area contributed by atoms with Gasteiger partial charge >= 0.3 is 12.2 Å². The van der Waals surface area contributed by atoms with Crippen LogP contribution in [0.2, 0.25) is 0 Å². The summed E-state index contributed by atoms with van der Waals surface area (Å²) in [5, 5.41) is 9.05. The van der Waals surface area contributed by atoms with Crippen LogP contribution in [0, 0.1) is 34.9 Å². The molecule has 3 saturated carbocycles. The van der Waals surface area contributed by atoms with E-state index >= 15 is 0 Å². The average molecular weight is 1650 g/mol. The Morgan fingerprint density at radius 3 is 1.19 bits per heavy atom. The van der Waals surface area contributed by atoms with E-state index in [1.807, 2.05) is 0 Å². The number of imide groups is 2. The molecule has 115 heavy (non-hydrogen) atoms. The van der Waals surface area contributed by atoms with Gasteiger partial charge in [-0.3, -0.25) is 47.7 Å². The number of likely N-dealkylation sites (tertiary alicyclic amines) is 1. The molecule has 4 fully saturated rings. The first-order chi connectivity index (χ1) is 53.4. The summed E-state index contributed by atoms with van der Waals surface area (Å²) in [5.74, 6) is -7.47. The Kier molecular flexibility index (Phi) is 23.7. The number of Topliss-reactive ketones (excluding diaryl/α,β-unsaturated/α-hetero) is 4. The van der Waals surface area contributed by atoms with Gasteiger partial charge in [-0.2, -0.15) is 0 Å². The number of hydrogen-bond acceptors (Lipinski definition) is 20. The van der Waals surface area contributed by atoms with E-state index in [4.69, 9.17) is 15.2 Å². The lowest BCUT2D eigenvalue weighted by Gasteiger charge is -2.38. The van der Waals surface area contributed by atoms with Gasteiger partial charge in [0.05, 0.1) is 39.7 Å². The number of sulfonamides is 3. The standard InChI is InChI=1S/C28H29F2N3O6S.C23H21F2N3O4S.C18H16F2N2O3S.C10H15NO4.CH4/c1-27(2,3)39-26(36)33-10-7-17(14-25(33)35)31-22-13-18(12-20-19(22)15-24(34)28(20)8-4-9-28)32-40(37,38)23-6-5-16(29)11-21(23)30;24-13-2-3-20(18(25)8-13)33(31,32)28-15-9-17-16(12-21(29)23(17)5-1-6-23)19(10-15)27-14-4-7-26-22(30)11-14;19-10-2-3-16(14(20)6-10)26(24,25)22-11-7-13-12(15(21)8-11)9-17(23)18(13)4-1-5-18;1-10(2,3)15-9(14)11-5-4-7(12)6-8(11)13;/h5-6,11-14,31-32H,4,7-10,15H2,1-3H3;2-3,8-11,27-28H,1,4-7,12H2,(H,26,30);2-3,6-8,22H,1,4-5,9,21H2;4-6H2,1-3H3;1H4. The summed E-state index contributed by atoms with van der Waals surface area (Å²) in [6.07, 6.45) is 9.51. The van der Waals surface area contributed by atoms with Crippen LogP contribution >= 0.6 is 0 Å². The summed E-state index contributed by atoms with van der Waals surface area (Å²) in [4.78, 5) is 109. The lowest BCUT2D eigenvalue weighted by atomic mass is 9.64. The highest BCUT2D eigenvalue weighted by atomic mass is 32.2. The first-order valence-electron chi connectivity index (χ1n) is 36.5. The molecular weight excluding hydrogens is 1570 g/mol. The quantitative estimate of drug-likeness (QED) is 0.0321. The third-order valence-corrected chi connectivity index (χ3v) is 25.4. The minimum absolute atomic E-state index is 0. The molecule has 6 aliphatic carbocycles. The number of anilines is 6. The van der Waals surface area contributed by atoms with Crippen LogP contribution in [0.25, 0.3) is 0 Å². The van der Waals surface area contributed by atoms with Crippen LogP contribution in [0.5, 0.6) is 0 Å². The highest BCUT2D eigenvalue weighted by Gasteiger charge is 2.54. The molecule has 26 nitrogen and oxygen atoms in total. The second-order valence-corrected chi connectivity index (χ2v) is 36.1. The Morgan fingerprint density at radius 1 is 0.470 bits per heavy atom. The lowest BCUT2D eigenvalue weighted by Crippen LogP contribution is -2.45. The van der Waals surface area contributed by atoms with Crippen molar-refractivity contribution >= 4 is 117 Å². The Hall–Kier alpha value is -10.9. The molecule has 3 heterocycles. The van der Waals surface area contributed by atoms with Crippen molar-refractivity contribution in [2.24, 2.45) is 0 Å². The van der Waals surface area contributed by atoms with Crippen molar-refractivity contribution in [1.29, 1.82) is 0 Å². The fourth-order valence-electron chi connectivity index (χ4n) is 15.2. The summed E-state index contributed by atoms with van der Waals surface area (Å²) < 4.78 is 176. The van der Waals surface area contributed by atoms with Crippen molar-refractivity contribution in [2.75, 3.05) is 50.2 Å². The first kappa shape index (κ1) is 85.0. The van der Waals surface area contributed by atoms with Crippen LogP contribution in [0.1, 0.15) is 166 Å². The number of piperidine rings is 1. The van der Waals surface area contributed by atoms with E-state index in [-0.39, 0.29) is 105 Å². The Labute approximate surface area is 659 Å².